The van der Waals surface area contributed by atoms with E-state index in [2.05, 4.69) is 22.6 Å². The molecule has 0 aromatic carbocycles. The molecule has 0 saturated carbocycles. The smallest absolute Gasteiger partial charge is 0.267 e. The molecule has 0 spiro atoms. The van der Waals surface area contributed by atoms with Crippen LogP contribution in [-0.2, 0) is 14.4 Å². The van der Waals surface area contributed by atoms with Crippen LogP contribution in [0.25, 0.3) is 0 Å². The second-order valence-corrected chi connectivity index (χ2v) is 5.06. The van der Waals surface area contributed by atoms with E-state index >= 15 is 0 Å². The molecule has 0 aliphatic carbocycles. The van der Waals surface area contributed by atoms with Gasteiger partial charge in [0.05, 0.1) is 13.0 Å². The summed E-state index contributed by atoms with van der Waals surface area (Å²) in [6.45, 7) is 0. The number of nitrogens with zero attached hydrogens (tertiary/aromatic N) is 1. The highest BCUT2D eigenvalue weighted by atomic mass is 127. The molecule has 0 radical (unpaired) electrons. The molecular weight excluding hydrogens is 400 g/mol. The Balaban J connectivity index is 2.78. The lowest BCUT2D eigenvalue weighted by atomic mass is 10.1. The van der Waals surface area contributed by atoms with E-state index in [9.17, 15) is 9.59 Å². The zero-order chi connectivity index (χ0) is 10.0. The highest BCUT2D eigenvalue weighted by Gasteiger charge is 2.46. The minimum absolute atomic E-state index is 0.204. The van der Waals surface area contributed by atoms with Crippen molar-refractivity contribution in [1.82, 2.24) is 5.06 Å². The summed E-state index contributed by atoms with van der Waals surface area (Å²) in [4.78, 5) is 27.6. The van der Waals surface area contributed by atoms with Gasteiger partial charge in [-0.15, -0.1) is 0 Å². The van der Waals surface area contributed by atoms with E-state index < -0.39 is 0 Å². The Hall–Kier alpha value is 0.560. The normalized spacial score (nSPS) is 28.7. The number of hydrogen-bond donors (Lipinski definition) is 0. The van der Waals surface area contributed by atoms with E-state index in [1.807, 2.05) is 22.6 Å². The Kier molecular flexibility index (Phi) is 4.36. The zero-order valence-corrected chi connectivity index (χ0v) is 11.3. The van der Waals surface area contributed by atoms with E-state index in [0.717, 1.165) is 15.9 Å². The summed E-state index contributed by atoms with van der Waals surface area (Å²) in [7, 11) is 1.34. The molecule has 1 heterocycles. The third kappa shape index (κ3) is 2.14. The van der Waals surface area contributed by atoms with Crippen LogP contribution in [-0.4, -0.2) is 32.3 Å². The quantitative estimate of drug-likeness (QED) is 0.400. The zero-order valence-electron chi connectivity index (χ0n) is 7.00. The van der Waals surface area contributed by atoms with Crippen molar-refractivity contribution in [3.8, 4) is 0 Å². The number of alkyl halides is 2. The molecule has 0 aromatic heterocycles. The SMILES string of the molecule is CON1C(=O)C(I)C(CCI)C1=O. The highest BCUT2D eigenvalue weighted by molar-refractivity contribution is 14.1. The van der Waals surface area contributed by atoms with Crippen LogP contribution in [0.3, 0.4) is 0 Å². The topological polar surface area (TPSA) is 46.6 Å². The number of hydroxylamine groups is 2. The molecule has 4 nitrogen and oxygen atoms in total. The minimum Gasteiger partial charge on any atom is -0.272 e. The van der Waals surface area contributed by atoms with Gasteiger partial charge in [-0.1, -0.05) is 45.2 Å². The predicted octanol–water partition coefficient (Wildman–Crippen LogP) is 1.16. The average molecular weight is 409 g/mol. The summed E-state index contributed by atoms with van der Waals surface area (Å²) < 4.78 is 0.609. The lowest BCUT2D eigenvalue weighted by Gasteiger charge is -2.09. The predicted molar refractivity (Wildman–Crippen MR) is 63.7 cm³/mol. The fourth-order valence-corrected chi connectivity index (χ4v) is 2.83. The van der Waals surface area contributed by atoms with Crippen molar-refractivity contribution in [1.29, 1.82) is 0 Å². The van der Waals surface area contributed by atoms with E-state index in [0.29, 0.717) is 0 Å². The molecule has 0 bridgehead atoms. The van der Waals surface area contributed by atoms with E-state index in [-0.39, 0.29) is 21.7 Å². The number of carbonyl (C=O) groups excluding carboxylic acids is 2. The summed E-state index contributed by atoms with van der Waals surface area (Å²) in [5.74, 6) is -0.642. The maximum atomic E-state index is 11.5. The lowest BCUT2D eigenvalue weighted by Crippen LogP contribution is -2.29. The van der Waals surface area contributed by atoms with Crippen molar-refractivity contribution in [3.63, 3.8) is 0 Å². The molecule has 1 aliphatic heterocycles. The molecule has 2 amide bonds. The Labute approximate surface area is 104 Å². The monoisotopic (exact) mass is 409 g/mol. The second kappa shape index (κ2) is 4.87. The molecule has 2 atom stereocenters. The van der Waals surface area contributed by atoms with Gasteiger partial charge in [-0.2, -0.15) is 5.06 Å². The number of halogens is 2. The minimum atomic E-state index is -0.264. The molecular formula is C7H9I2NO3. The van der Waals surface area contributed by atoms with Gasteiger partial charge in [-0.25, -0.2) is 0 Å². The van der Waals surface area contributed by atoms with Crippen LogP contribution in [0.15, 0.2) is 0 Å². The first-order valence-corrected chi connectivity index (χ1v) is 6.52. The van der Waals surface area contributed by atoms with Gasteiger partial charge >= 0.3 is 0 Å². The van der Waals surface area contributed by atoms with Crippen molar-refractivity contribution < 1.29 is 14.4 Å². The van der Waals surface area contributed by atoms with E-state index in [1.165, 1.54) is 7.11 Å². The molecule has 6 heteroatoms. The molecule has 1 rings (SSSR count). The Bertz CT molecular complexity index is 234. The van der Waals surface area contributed by atoms with E-state index in [1.54, 1.807) is 0 Å². The second-order valence-electron chi connectivity index (χ2n) is 2.64. The lowest BCUT2D eigenvalue weighted by molar-refractivity contribution is -0.180. The highest BCUT2D eigenvalue weighted by Crippen LogP contribution is 2.29. The first-order valence-electron chi connectivity index (χ1n) is 3.75. The summed E-state index contributed by atoms with van der Waals surface area (Å²) in [5, 5.41) is 0.869. The van der Waals surface area contributed by atoms with Gasteiger partial charge in [0.2, 0.25) is 0 Å². The molecule has 74 valence electrons. The summed E-state index contributed by atoms with van der Waals surface area (Å²) >= 11 is 4.20. The summed E-state index contributed by atoms with van der Waals surface area (Å²) in [6.07, 6.45) is 0.735. The molecule has 2 unspecified atom stereocenters. The number of carbonyl (C=O) groups is 2. The largest absolute Gasteiger partial charge is 0.272 e. The van der Waals surface area contributed by atoms with Crippen molar-refractivity contribution >= 4 is 57.0 Å². The number of rotatable bonds is 3. The van der Waals surface area contributed by atoms with Crippen LogP contribution in [0.5, 0.6) is 0 Å². The fraction of sp³-hybridized carbons (Fsp3) is 0.714. The summed E-state index contributed by atoms with van der Waals surface area (Å²) in [5.41, 5.74) is 0. The van der Waals surface area contributed by atoms with Crippen molar-refractivity contribution in [2.24, 2.45) is 5.92 Å². The third-order valence-corrected chi connectivity index (χ3v) is 3.93. The number of imide groups is 1. The van der Waals surface area contributed by atoms with Crippen LogP contribution >= 0.6 is 45.2 Å². The number of hydrogen-bond acceptors (Lipinski definition) is 3. The summed E-state index contributed by atoms with van der Waals surface area (Å²) in [6, 6.07) is 0. The molecule has 1 aliphatic rings. The van der Waals surface area contributed by atoms with Gasteiger partial charge in [-0.3, -0.25) is 14.4 Å². The van der Waals surface area contributed by atoms with Crippen LogP contribution < -0.4 is 0 Å². The fourth-order valence-electron chi connectivity index (χ4n) is 1.24. The van der Waals surface area contributed by atoms with Crippen LogP contribution in [0.2, 0.25) is 0 Å². The van der Waals surface area contributed by atoms with Crippen molar-refractivity contribution in [2.45, 2.75) is 10.3 Å². The third-order valence-electron chi connectivity index (χ3n) is 1.91. The van der Waals surface area contributed by atoms with E-state index in [4.69, 9.17) is 4.84 Å². The standard InChI is InChI=1S/C7H9I2NO3/c1-13-10-6(11)4(2-3-8)5(9)7(10)12/h4-5H,2-3H2,1H3. The molecule has 13 heavy (non-hydrogen) atoms. The maximum absolute atomic E-state index is 11.5. The van der Waals surface area contributed by atoms with Crippen LogP contribution in [0.4, 0.5) is 0 Å². The van der Waals surface area contributed by atoms with Crippen molar-refractivity contribution in [2.75, 3.05) is 11.5 Å². The van der Waals surface area contributed by atoms with Crippen LogP contribution in [0, 0.1) is 5.92 Å². The van der Waals surface area contributed by atoms with Gasteiger partial charge in [0, 0.05) is 4.43 Å². The maximum Gasteiger partial charge on any atom is 0.267 e. The van der Waals surface area contributed by atoms with Crippen LogP contribution in [0.1, 0.15) is 6.42 Å². The van der Waals surface area contributed by atoms with Gasteiger partial charge in [0.25, 0.3) is 11.8 Å². The first kappa shape index (κ1) is 11.6. The van der Waals surface area contributed by atoms with Crippen molar-refractivity contribution in [3.05, 3.63) is 0 Å². The molecule has 0 aromatic rings. The van der Waals surface area contributed by atoms with Gasteiger partial charge in [-0.05, 0) is 6.42 Å². The Morgan fingerprint density at radius 1 is 1.46 bits per heavy atom. The molecule has 0 N–H and O–H groups in total. The first-order chi connectivity index (χ1) is 6.13. The Morgan fingerprint density at radius 2 is 2.08 bits per heavy atom. The average Bonchev–Trinajstić information content (AvgIpc) is 2.31. The van der Waals surface area contributed by atoms with Gasteiger partial charge in [0.1, 0.15) is 3.92 Å². The molecule has 1 saturated heterocycles. The Morgan fingerprint density at radius 3 is 2.46 bits per heavy atom. The number of amides is 2. The van der Waals surface area contributed by atoms with Gasteiger partial charge in [0.15, 0.2) is 0 Å². The molecule has 1 fully saturated rings. The van der Waals surface area contributed by atoms with Gasteiger partial charge < -0.3 is 0 Å².